The molecule has 0 saturated carbocycles. The standard InChI is InChI=1S/C23H25N3O2/c1-17-7-2-3-9-19(17)16-25-11-6-12-26(14-13-25)23(28)21-15-18-8-4-5-10-20(18)22(27)24-21/h2-5,7-10,15H,6,11-14,16H2,1H3,(H,24,27). The molecule has 0 unspecified atom stereocenters. The Kier molecular flexibility index (Phi) is 5.26. The highest BCUT2D eigenvalue weighted by atomic mass is 16.2. The van der Waals surface area contributed by atoms with Gasteiger partial charge in [0.1, 0.15) is 5.69 Å². The molecule has 4 rings (SSSR count). The second-order valence-corrected chi connectivity index (χ2v) is 7.45. The number of rotatable bonds is 3. The molecule has 5 nitrogen and oxygen atoms in total. The molecule has 28 heavy (non-hydrogen) atoms. The summed E-state index contributed by atoms with van der Waals surface area (Å²) in [4.78, 5) is 32.3. The highest BCUT2D eigenvalue weighted by Gasteiger charge is 2.21. The first-order chi connectivity index (χ1) is 13.6. The van der Waals surface area contributed by atoms with Gasteiger partial charge in [0, 0.05) is 38.1 Å². The SMILES string of the molecule is Cc1ccccc1CN1CCCN(C(=O)c2cc3ccccc3c(=O)[nH]2)CC1. The van der Waals surface area contributed by atoms with Crippen LogP contribution < -0.4 is 5.56 Å². The number of fused-ring (bicyclic) bond motifs is 1. The number of amides is 1. The molecule has 1 aliphatic heterocycles. The summed E-state index contributed by atoms with van der Waals surface area (Å²) in [6, 6.07) is 17.6. The van der Waals surface area contributed by atoms with Gasteiger partial charge in [0.25, 0.3) is 11.5 Å². The lowest BCUT2D eigenvalue weighted by molar-refractivity contribution is 0.0755. The molecule has 0 bridgehead atoms. The summed E-state index contributed by atoms with van der Waals surface area (Å²) in [6.45, 7) is 6.21. The van der Waals surface area contributed by atoms with Gasteiger partial charge in [-0.3, -0.25) is 14.5 Å². The van der Waals surface area contributed by atoms with Crippen molar-refractivity contribution >= 4 is 16.7 Å². The molecule has 1 amide bonds. The van der Waals surface area contributed by atoms with Gasteiger partial charge < -0.3 is 9.88 Å². The van der Waals surface area contributed by atoms with Crippen molar-refractivity contribution < 1.29 is 4.79 Å². The van der Waals surface area contributed by atoms with E-state index in [9.17, 15) is 9.59 Å². The number of H-pyrrole nitrogens is 1. The van der Waals surface area contributed by atoms with Gasteiger partial charge in [-0.1, -0.05) is 42.5 Å². The lowest BCUT2D eigenvalue weighted by Gasteiger charge is -2.22. The number of hydrogen-bond donors (Lipinski definition) is 1. The van der Waals surface area contributed by atoms with Crippen LogP contribution in [0.3, 0.4) is 0 Å². The van der Waals surface area contributed by atoms with E-state index in [4.69, 9.17) is 0 Å². The fourth-order valence-electron chi connectivity index (χ4n) is 3.86. The van der Waals surface area contributed by atoms with Crippen molar-refractivity contribution in [3.05, 3.63) is 81.8 Å². The first kappa shape index (κ1) is 18.4. The Morgan fingerprint density at radius 2 is 1.79 bits per heavy atom. The van der Waals surface area contributed by atoms with Crippen LogP contribution >= 0.6 is 0 Å². The number of carbonyl (C=O) groups excluding carboxylic acids is 1. The maximum Gasteiger partial charge on any atom is 0.270 e. The zero-order valence-electron chi connectivity index (χ0n) is 16.1. The highest BCUT2D eigenvalue weighted by Crippen LogP contribution is 2.15. The molecule has 0 spiro atoms. The Balaban J connectivity index is 1.48. The third-order valence-electron chi connectivity index (χ3n) is 5.51. The number of carbonyl (C=O) groups is 1. The van der Waals surface area contributed by atoms with Gasteiger partial charge in [-0.2, -0.15) is 0 Å². The van der Waals surface area contributed by atoms with E-state index in [2.05, 4.69) is 41.1 Å². The van der Waals surface area contributed by atoms with Crippen LogP contribution in [0.25, 0.3) is 10.8 Å². The Bertz CT molecular complexity index is 1060. The molecule has 2 heterocycles. The predicted octanol–water partition coefficient (Wildman–Crippen LogP) is 3.18. The summed E-state index contributed by atoms with van der Waals surface area (Å²) in [7, 11) is 0. The molecule has 144 valence electrons. The van der Waals surface area contributed by atoms with Gasteiger partial charge in [0.15, 0.2) is 0 Å². The van der Waals surface area contributed by atoms with Gasteiger partial charge in [0.05, 0.1) is 0 Å². The summed E-state index contributed by atoms with van der Waals surface area (Å²) in [5.74, 6) is -0.0967. The predicted molar refractivity (Wildman–Crippen MR) is 112 cm³/mol. The van der Waals surface area contributed by atoms with Gasteiger partial charge in [-0.05, 0) is 42.0 Å². The van der Waals surface area contributed by atoms with E-state index in [0.29, 0.717) is 24.2 Å². The average Bonchev–Trinajstić information content (AvgIpc) is 2.95. The molecule has 0 aliphatic carbocycles. The molecule has 3 aromatic rings. The minimum atomic E-state index is -0.211. The lowest BCUT2D eigenvalue weighted by Crippen LogP contribution is -2.36. The number of hydrogen-bond acceptors (Lipinski definition) is 3. The number of nitrogens with zero attached hydrogens (tertiary/aromatic N) is 2. The quantitative estimate of drug-likeness (QED) is 0.765. The maximum absolute atomic E-state index is 13.0. The summed E-state index contributed by atoms with van der Waals surface area (Å²) in [5, 5.41) is 1.41. The molecule has 1 aliphatic rings. The second-order valence-electron chi connectivity index (χ2n) is 7.45. The van der Waals surface area contributed by atoms with E-state index < -0.39 is 0 Å². The van der Waals surface area contributed by atoms with Gasteiger partial charge in [-0.15, -0.1) is 0 Å². The van der Waals surface area contributed by atoms with Crippen molar-refractivity contribution in [2.24, 2.45) is 0 Å². The Hall–Kier alpha value is -2.92. The van der Waals surface area contributed by atoms with E-state index in [1.165, 1.54) is 11.1 Å². The van der Waals surface area contributed by atoms with Crippen LogP contribution in [0.2, 0.25) is 0 Å². The maximum atomic E-state index is 13.0. The van der Waals surface area contributed by atoms with Crippen molar-refractivity contribution in [2.75, 3.05) is 26.2 Å². The largest absolute Gasteiger partial charge is 0.336 e. The number of nitrogens with one attached hydrogen (secondary N) is 1. The van der Waals surface area contributed by atoms with Crippen LogP contribution in [0.15, 0.2) is 59.4 Å². The first-order valence-corrected chi connectivity index (χ1v) is 9.80. The number of pyridine rings is 1. The monoisotopic (exact) mass is 375 g/mol. The molecule has 2 aromatic carbocycles. The Labute approximate surface area is 164 Å². The summed E-state index contributed by atoms with van der Waals surface area (Å²) < 4.78 is 0. The third kappa shape index (κ3) is 3.85. The van der Waals surface area contributed by atoms with Gasteiger partial charge in [0.2, 0.25) is 0 Å². The molecule has 0 atom stereocenters. The third-order valence-corrected chi connectivity index (χ3v) is 5.51. The fourth-order valence-corrected chi connectivity index (χ4v) is 3.86. The molecule has 1 saturated heterocycles. The molecule has 1 N–H and O–H groups in total. The average molecular weight is 375 g/mol. The summed E-state index contributed by atoms with van der Waals surface area (Å²) in [6.07, 6.45) is 0.926. The van der Waals surface area contributed by atoms with Crippen LogP contribution in [0.1, 0.15) is 28.0 Å². The molecular formula is C23H25N3O2. The normalized spacial score (nSPS) is 15.5. The summed E-state index contributed by atoms with van der Waals surface area (Å²) >= 11 is 0. The molecule has 0 radical (unpaired) electrons. The zero-order chi connectivity index (χ0) is 19.5. The fraction of sp³-hybridized carbons (Fsp3) is 0.304. The number of benzene rings is 2. The van der Waals surface area contributed by atoms with E-state index in [0.717, 1.165) is 31.4 Å². The number of aryl methyl sites for hydroxylation is 1. The number of aromatic amines is 1. The topological polar surface area (TPSA) is 56.4 Å². The molecule has 1 aromatic heterocycles. The van der Waals surface area contributed by atoms with Crippen LogP contribution in [0.5, 0.6) is 0 Å². The zero-order valence-corrected chi connectivity index (χ0v) is 16.1. The molecule has 5 heteroatoms. The van der Waals surface area contributed by atoms with Crippen molar-refractivity contribution in [3.8, 4) is 0 Å². The number of aromatic nitrogens is 1. The second kappa shape index (κ2) is 7.98. The lowest BCUT2D eigenvalue weighted by atomic mass is 10.1. The van der Waals surface area contributed by atoms with Gasteiger partial charge in [-0.25, -0.2) is 0 Å². The van der Waals surface area contributed by atoms with Crippen LogP contribution in [0.4, 0.5) is 0 Å². The van der Waals surface area contributed by atoms with Crippen molar-refractivity contribution in [1.82, 2.24) is 14.8 Å². The highest BCUT2D eigenvalue weighted by molar-refractivity contribution is 5.96. The van der Waals surface area contributed by atoms with E-state index in [1.54, 1.807) is 12.1 Å². The minimum Gasteiger partial charge on any atom is -0.336 e. The van der Waals surface area contributed by atoms with E-state index >= 15 is 0 Å². The van der Waals surface area contributed by atoms with Gasteiger partial charge >= 0.3 is 0 Å². The summed E-state index contributed by atoms with van der Waals surface area (Å²) in [5.41, 5.74) is 2.79. The molecular weight excluding hydrogens is 350 g/mol. The van der Waals surface area contributed by atoms with Crippen LogP contribution in [-0.4, -0.2) is 46.9 Å². The first-order valence-electron chi connectivity index (χ1n) is 9.80. The minimum absolute atomic E-state index is 0.0967. The van der Waals surface area contributed by atoms with Crippen molar-refractivity contribution in [3.63, 3.8) is 0 Å². The van der Waals surface area contributed by atoms with Crippen LogP contribution in [-0.2, 0) is 6.54 Å². The van der Waals surface area contributed by atoms with E-state index in [1.807, 2.05) is 23.1 Å². The Morgan fingerprint density at radius 1 is 1.00 bits per heavy atom. The van der Waals surface area contributed by atoms with Crippen LogP contribution in [0, 0.1) is 6.92 Å². The van der Waals surface area contributed by atoms with Crippen molar-refractivity contribution in [2.45, 2.75) is 19.9 Å². The van der Waals surface area contributed by atoms with Crippen molar-refractivity contribution in [1.29, 1.82) is 0 Å². The van der Waals surface area contributed by atoms with E-state index in [-0.39, 0.29) is 11.5 Å². The smallest absolute Gasteiger partial charge is 0.270 e. The molecule has 1 fully saturated rings. The Morgan fingerprint density at radius 3 is 2.64 bits per heavy atom.